The molecule has 0 saturated carbocycles. The Labute approximate surface area is 132 Å². The summed E-state index contributed by atoms with van der Waals surface area (Å²) >= 11 is 0. The van der Waals surface area contributed by atoms with Crippen molar-refractivity contribution in [3.8, 4) is 0 Å². The molecule has 1 aliphatic heterocycles. The van der Waals surface area contributed by atoms with Gasteiger partial charge in [0.05, 0.1) is 18.7 Å². The number of hydrogen-bond donors (Lipinski definition) is 1. The zero-order valence-corrected chi connectivity index (χ0v) is 12.8. The van der Waals surface area contributed by atoms with Crippen LogP contribution in [0, 0.1) is 0 Å². The van der Waals surface area contributed by atoms with Gasteiger partial charge >= 0.3 is 12.3 Å². The predicted molar refractivity (Wildman–Crippen MR) is 77.0 cm³/mol. The number of aromatic nitrogens is 2. The van der Waals surface area contributed by atoms with E-state index in [0.29, 0.717) is 38.4 Å². The van der Waals surface area contributed by atoms with E-state index >= 15 is 0 Å². The molecule has 1 aromatic rings. The van der Waals surface area contributed by atoms with E-state index in [1.807, 2.05) is 0 Å². The molecule has 23 heavy (non-hydrogen) atoms. The molecule has 0 aliphatic carbocycles. The van der Waals surface area contributed by atoms with E-state index in [4.69, 9.17) is 4.74 Å². The van der Waals surface area contributed by atoms with Crippen molar-refractivity contribution < 1.29 is 22.7 Å². The summed E-state index contributed by atoms with van der Waals surface area (Å²) < 4.78 is 42.1. The van der Waals surface area contributed by atoms with Crippen LogP contribution in [-0.4, -0.2) is 52.9 Å². The van der Waals surface area contributed by atoms with E-state index in [2.05, 4.69) is 15.3 Å². The number of likely N-dealkylation sites (tertiary alicyclic amines) is 1. The second-order valence-electron chi connectivity index (χ2n) is 5.29. The number of piperidine rings is 1. The Kier molecular flexibility index (Phi) is 5.62. The van der Waals surface area contributed by atoms with Crippen LogP contribution in [0.1, 0.15) is 25.5 Å². The quantitative estimate of drug-likeness (QED) is 0.918. The third kappa shape index (κ3) is 5.57. The lowest BCUT2D eigenvalue weighted by Gasteiger charge is -2.31. The number of carbonyl (C=O) groups excluding carboxylic acids is 1. The third-order valence-electron chi connectivity index (χ3n) is 3.48. The van der Waals surface area contributed by atoms with Crippen LogP contribution < -0.4 is 5.32 Å². The molecule has 1 fully saturated rings. The average molecular weight is 332 g/mol. The Morgan fingerprint density at radius 1 is 1.39 bits per heavy atom. The zero-order chi connectivity index (χ0) is 16.9. The molecule has 0 radical (unpaired) electrons. The van der Waals surface area contributed by atoms with Crippen molar-refractivity contribution in [2.75, 3.05) is 25.0 Å². The van der Waals surface area contributed by atoms with Gasteiger partial charge in [0.15, 0.2) is 0 Å². The van der Waals surface area contributed by atoms with Gasteiger partial charge in [0.1, 0.15) is 12.1 Å². The molecule has 2 rings (SSSR count). The van der Waals surface area contributed by atoms with Gasteiger partial charge in [-0.15, -0.1) is 0 Å². The Morgan fingerprint density at radius 2 is 2.09 bits per heavy atom. The summed E-state index contributed by atoms with van der Waals surface area (Å²) in [6, 6.07) is 1.36. The van der Waals surface area contributed by atoms with Crippen molar-refractivity contribution >= 4 is 11.9 Å². The smallest absolute Gasteiger partial charge is 0.409 e. The number of nitrogens with zero attached hydrogens (tertiary/aromatic N) is 3. The number of alkyl halides is 3. The Balaban J connectivity index is 1.87. The highest BCUT2D eigenvalue weighted by atomic mass is 19.4. The van der Waals surface area contributed by atoms with Gasteiger partial charge in [-0.25, -0.2) is 14.8 Å². The van der Waals surface area contributed by atoms with Crippen molar-refractivity contribution in [1.29, 1.82) is 0 Å². The molecule has 9 heteroatoms. The van der Waals surface area contributed by atoms with E-state index in [0.717, 1.165) is 6.33 Å². The summed E-state index contributed by atoms with van der Waals surface area (Å²) in [4.78, 5) is 20.8. The fraction of sp³-hybridized carbons (Fsp3) is 0.643. The van der Waals surface area contributed by atoms with Gasteiger partial charge in [-0.05, 0) is 19.8 Å². The lowest BCUT2D eigenvalue weighted by atomic mass is 10.1. The molecule has 1 saturated heterocycles. The fourth-order valence-corrected chi connectivity index (χ4v) is 2.41. The maximum absolute atomic E-state index is 12.4. The molecule has 1 N–H and O–H groups in total. The van der Waals surface area contributed by atoms with Gasteiger partial charge in [-0.2, -0.15) is 13.2 Å². The SMILES string of the molecule is CCOC(=O)N1CCC(Nc2cc(CC(F)(F)F)ncn2)CC1. The fourth-order valence-electron chi connectivity index (χ4n) is 2.41. The molecule has 1 aliphatic rings. The topological polar surface area (TPSA) is 67.3 Å². The van der Waals surface area contributed by atoms with Gasteiger partial charge in [0, 0.05) is 25.2 Å². The standard InChI is InChI=1S/C14H19F3N4O2/c1-2-23-13(22)21-5-3-10(4-6-21)20-12-7-11(18-9-19-12)8-14(15,16)17/h7,9-10H,2-6,8H2,1H3,(H,18,19,20). The summed E-state index contributed by atoms with van der Waals surface area (Å²) in [5.41, 5.74) is -0.0704. The van der Waals surface area contributed by atoms with E-state index in [-0.39, 0.29) is 17.8 Å². The highest BCUT2D eigenvalue weighted by Gasteiger charge is 2.29. The van der Waals surface area contributed by atoms with Crippen molar-refractivity contribution in [2.24, 2.45) is 0 Å². The number of halogens is 3. The lowest BCUT2D eigenvalue weighted by molar-refractivity contribution is -0.127. The Morgan fingerprint density at radius 3 is 2.70 bits per heavy atom. The molecule has 0 bridgehead atoms. The van der Waals surface area contributed by atoms with Crippen molar-refractivity contribution in [1.82, 2.24) is 14.9 Å². The highest BCUT2D eigenvalue weighted by Crippen LogP contribution is 2.22. The van der Waals surface area contributed by atoms with Gasteiger partial charge in [0.2, 0.25) is 0 Å². The van der Waals surface area contributed by atoms with E-state index in [1.165, 1.54) is 6.07 Å². The summed E-state index contributed by atoms with van der Waals surface area (Å²) in [5, 5.41) is 3.10. The van der Waals surface area contributed by atoms with E-state index in [9.17, 15) is 18.0 Å². The van der Waals surface area contributed by atoms with Crippen molar-refractivity contribution in [3.63, 3.8) is 0 Å². The molecular formula is C14H19F3N4O2. The molecule has 6 nitrogen and oxygen atoms in total. The summed E-state index contributed by atoms with van der Waals surface area (Å²) in [6.45, 7) is 3.16. The number of hydrogen-bond acceptors (Lipinski definition) is 5. The summed E-state index contributed by atoms with van der Waals surface area (Å²) in [5.74, 6) is 0.369. The first kappa shape index (κ1) is 17.3. The van der Waals surface area contributed by atoms with Gasteiger partial charge in [0.25, 0.3) is 0 Å². The second-order valence-corrected chi connectivity index (χ2v) is 5.29. The third-order valence-corrected chi connectivity index (χ3v) is 3.48. The number of amides is 1. The van der Waals surface area contributed by atoms with Crippen LogP contribution in [0.4, 0.5) is 23.8 Å². The first-order chi connectivity index (χ1) is 10.9. The van der Waals surface area contributed by atoms with Crippen LogP contribution in [0.2, 0.25) is 0 Å². The molecule has 1 amide bonds. The van der Waals surface area contributed by atoms with Gasteiger partial charge in [-0.1, -0.05) is 0 Å². The normalized spacial score (nSPS) is 16.3. The molecular weight excluding hydrogens is 313 g/mol. The first-order valence-electron chi connectivity index (χ1n) is 7.43. The van der Waals surface area contributed by atoms with Crippen LogP contribution in [0.25, 0.3) is 0 Å². The van der Waals surface area contributed by atoms with Crippen LogP contribution in [0.5, 0.6) is 0 Å². The Bertz CT molecular complexity index is 531. The van der Waals surface area contributed by atoms with Crippen LogP contribution >= 0.6 is 0 Å². The van der Waals surface area contributed by atoms with Crippen LogP contribution in [0.3, 0.4) is 0 Å². The van der Waals surface area contributed by atoms with E-state index in [1.54, 1.807) is 11.8 Å². The number of anilines is 1. The van der Waals surface area contributed by atoms with Crippen LogP contribution in [0.15, 0.2) is 12.4 Å². The number of carbonyl (C=O) groups is 1. The lowest BCUT2D eigenvalue weighted by Crippen LogP contribution is -2.42. The van der Waals surface area contributed by atoms with Crippen molar-refractivity contribution in [3.05, 3.63) is 18.1 Å². The summed E-state index contributed by atoms with van der Waals surface area (Å²) in [6.07, 6.45) is -3.23. The minimum Gasteiger partial charge on any atom is -0.450 e. The maximum atomic E-state index is 12.4. The van der Waals surface area contributed by atoms with Crippen molar-refractivity contribution in [2.45, 2.75) is 38.4 Å². The van der Waals surface area contributed by atoms with Crippen LogP contribution in [-0.2, 0) is 11.2 Å². The van der Waals surface area contributed by atoms with E-state index < -0.39 is 12.6 Å². The molecule has 2 heterocycles. The Hall–Kier alpha value is -2.06. The number of nitrogens with one attached hydrogen (secondary N) is 1. The zero-order valence-electron chi connectivity index (χ0n) is 12.8. The number of ether oxygens (including phenoxy) is 1. The number of rotatable bonds is 4. The summed E-state index contributed by atoms with van der Waals surface area (Å²) in [7, 11) is 0. The molecule has 128 valence electrons. The maximum Gasteiger partial charge on any atom is 0.409 e. The van der Waals surface area contributed by atoms with Gasteiger partial charge < -0.3 is 15.0 Å². The highest BCUT2D eigenvalue weighted by molar-refractivity contribution is 5.67. The average Bonchev–Trinajstić information content (AvgIpc) is 2.47. The molecule has 0 aromatic carbocycles. The van der Waals surface area contributed by atoms with Gasteiger partial charge in [-0.3, -0.25) is 0 Å². The molecule has 1 aromatic heterocycles. The first-order valence-corrected chi connectivity index (χ1v) is 7.43. The largest absolute Gasteiger partial charge is 0.450 e. The minimum atomic E-state index is -4.30. The molecule has 0 spiro atoms. The molecule has 0 atom stereocenters. The molecule has 0 unspecified atom stereocenters. The predicted octanol–water partition coefficient (Wildman–Crippen LogP) is 2.61. The minimum absolute atomic E-state index is 0.0503. The monoisotopic (exact) mass is 332 g/mol. The second kappa shape index (κ2) is 7.47.